The monoisotopic (exact) mass is 285 g/mol. The summed E-state index contributed by atoms with van der Waals surface area (Å²) in [5.41, 5.74) is 10.00. The van der Waals surface area contributed by atoms with Crippen LogP contribution in [0.3, 0.4) is 0 Å². The van der Waals surface area contributed by atoms with Crippen molar-refractivity contribution in [3.05, 3.63) is 28.8 Å². The lowest BCUT2D eigenvalue weighted by Gasteiger charge is -2.18. The molecule has 0 saturated carbocycles. The predicted molar refractivity (Wildman–Crippen MR) is 85.7 cm³/mol. The van der Waals surface area contributed by atoms with Crippen LogP contribution in [0.15, 0.2) is 12.1 Å². The largest absolute Gasteiger partial charge is 0.494 e. The van der Waals surface area contributed by atoms with Crippen molar-refractivity contribution in [2.75, 3.05) is 6.61 Å². The van der Waals surface area contributed by atoms with Gasteiger partial charge in [-0.3, -0.25) is 0 Å². The number of aryl methyl sites for hydroxylation is 1. The molecule has 19 heavy (non-hydrogen) atoms. The van der Waals surface area contributed by atoms with Gasteiger partial charge < -0.3 is 10.5 Å². The van der Waals surface area contributed by atoms with Crippen LogP contribution in [0.25, 0.3) is 0 Å². The molecule has 3 heteroatoms. The van der Waals surface area contributed by atoms with E-state index in [9.17, 15) is 0 Å². The molecule has 0 saturated heterocycles. The summed E-state index contributed by atoms with van der Waals surface area (Å²) in [6.07, 6.45) is 1.97. The van der Waals surface area contributed by atoms with Crippen LogP contribution in [0, 0.1) is 6.92 Å². The molecular weight excluding hydrogens is 258 g/mol. The van der Waals surface area contributed by atoms with Crippen LogP contribution in [0.2, 0.25) is 0 Å². The van der Waals surface area contributed by atoms with Crippen molar-refractivity contribution < 1.29 is 4.74 Å². The molecule has 2 N–H and O–H groups in total. The molecule has 1 unspecified atom stereocenters. The maximum atomic E-state index is 6.07. The molecule has 1 rings (SSSR count). The first-order chi connectivity index (χ1) is 8.49. The summed E-state index contributed by atoms with van der Waals surface area (Å²) in [6.45, 7) is 11.4. The lowest BCUT2D eigenvalue weighted by atomic mass is 9.93. The molecule has 0 bridgehead atoms. The molecule has 0 amide bonds. The summed E-state index contributed by atoms with van der Waals surface area (Å²) in [5, 5.41) is 0. The highest BCUT2D eigenvalue weighted by atomic mass is 35.5. The number of rotatable bonds is 6. The zero-order valence-corrected chi connectivity index (χ0v) is 13.6. The van der Waals surface area contributed by atoms with Crippen molar-refractivity contribution in [3.8, 4) is 5.75 Å². The van der Waals surface area contributed by atoms with Crippen LogP contribution in [0.1, 0.15) is 56.7 Å². The second-order valence-electron chi connectivity index (χ2n) is 5.28. The highest BCUT2D eigenvalue weighted by Crippen LogP contribution is 2.30. The molecule has 110 valence electrons. The maximum Gasteiger partial charge on any atom is 0.123 e. The Morgan fingerprint density at radius 1 is 1.21 bits per heavy atom. The fourth-order valence-corrected chi connectivity index (χ4v) is 2.12. The predicted octanol–water partition coefficient (Wildman–Crippen LogP) is 4.22. The second-order valence-corrected chi connectivity index (χ2v) is 5.28. The van der Waals surface area contributed by atoms with Crippen LogP contribution in [-0.4, -0.2) is 12.6 Å². The van der Waals surface area contributed by atoms with E-state index in [0.29, 0.717) is 12.5 Å². The Morgan fingerprint density at radius 2 is 1.84 bits per heavy atom. The molecule has 2 nitrogen and oxygen atoms in total. The third kappa shape index (κ3) is 5.04. The summed E-state index contributed by atoms with van der Waals surface area (Å²) in [4.78, 5) is 0. The zero-order valence-electron chi connectivity index (χ0n) is 12.8. The highest BCUT2D eigenvalue weighted by molar-refractivity contribution is 5.85. The molecule has 0 heterocycles. The van der Waals surface area contributed by atoms with E-state index in [1.807, 2.05) is 6.92 Å². The zero-order chi connectivity index (χ0) is 13.7. The number of nitrogens with two attached hydrogens (primary N) is 1. The van der Waals surface area contributed by atoms with E-state index in [1.165, 1.54) is 16.7 Å². The van der Waals surface area contributed by atoms with E-state index < -0.39 is 0 Å². The first kappa shape index (κ1) is 18.3. The minimum absolute atomic E-state index is 0. The smallest absolute Gasteiger partial charge is 0.123 e. The Bertz CT molecular complexity index is 391. The van der Waals surface area contributed by atoms with Gasteiger partial charge in [-0.05, 0) is 55.4 Å². The van der Waals surface area contributed by atoms with Crippen molar-refractivity contribution in [1.82, 2.24) is 0 Å². The van der Waals surface area contributed by atoms with Gasteiger partial charge in [0.15, 0.2) is 0 Å². The van der Waals surface area contributed by atoms with Crippen molar-refractivity contribution in [2.24, 2.45) is 5.73 Å². The van der Waals surface area contributed by atoms with Gasteiger partial charge in [-0.1, -0.05) is 26.8 Å². The number of benzene rings is 1. The Balaban J connectivity index is 0.00000324. The van der Waals surface area contributed by atoms with Gasteiger partial charge in [-0.15, -0.1) is 12.4 Å². The average molecular weight is 286 g/mol. The summed E-state index contributed by atoms with van der Waals surface area (Å²) < 4.78 is 5.73. The minimum atomic E-state index is 0. The fourth-order valence-electron chi connectivity index (χ4n) is 2.12. The molecule has 0 radical (unpaired) electrons. The Morgan fingerprint density at radius 3 is 2.32 bits per heavy atom. The van der Waals surface area contributed by atoms with Gasteiger partial charge in [0.05, 0.1) is 6.61 Å². The quantitative estimate of drug-likeness (QED) is 0.849. The third-order valence-corrected chi connectivity index (χ3v) is 3.40. The second kappa shape index (κ2) is 8.44. The Hall–Kier alpha value is -0.730. The SMILES string of the molecule is CCOc1cc(C)c(CC(N)CC)cc1C(C)C.Cl. The number of hydrogen-bond acceptors (Lipinski definition) is 2. The minimum Gasteiger partial charge on any atom is -0.494 e. The van der Waals surface area contributed by atoms with Gasteiger partial charge in [0.2, 0.25) is 0 Å². The molecule has 1 aromatic rings. The van der Waals surface area contributed by atoms with Gasteiger partial charge in [0, 0.05) is 6.04 Å². The molecule has 0 aliphatic rings. The van der Waals surface area contributed by atoms with Gasteiger partial charge in [0.1, 0.15) is 5.75 Å². The van der Waals surface area contributed by atoms with Crippen molar-refractivity contribution in [3.63, 3.8) is 0 Å². The topological polar surface area (TPSA) is 35.2 Å². The van der Waals surface area contributed by atoms with Crippen LogP contribution in [0.5, 0.6) is 5.75 Å². The number of ether oxygens (including phenoxy) is 1. The summed E-state index contributed by atoms with van der Waals surface area (Å²) in [6, 6.07) is 4.69. The molecule has 1 aromatic carbocycles. The first-order valence-corrected chi connectivity index (χ1v) is 7.01. The average Bonchev–Trinajstić information content (AvgIpc) is 2.32. The van der Waals surface area contributed by atoms with Crippen LogP contribution in [-0.2, 0) is 6.42 Å². The summed E-state index contributed by atoms with van der Waals surface area (Å²) >= 11 is 0. The van der Waals surface area contributed by atoms with Crippen molar-refractivity contribution in [1.29, 1.82) is 0 Å². The Kier molecular flexibility index (Phi) is 8.12. The number of hydrogen-bond donors (Lipinski definition) is 1. The highest BCUT2D eigenvalue weighted by Gasteiger charge is 2.13. The van der Waals surface area contributed by atoms with E-state index in [0.717, 1.165) is 18.6 Å². The molecule has 0 aliphatic carbocycles. The van der Waals surface area contributed by atoms with Crippen molar-refractivity contribution >= 4 is 12.4 Å². The third-order valence-electron chi connectivity index (χ3n) is 3.40. The van der Waals surface area contributed by atoms with E-state index in [2.05, 4.69) is 39.8 Å². The molecular formula is C16H28ClNO. The van der Waals surface area contributed by atoms with Gasteiger partial charge >= 0.3 is 0 Å². The molecule has 0 fully saturated rings. The van der Waals surface area contributed by atoms with Crippen LogP contribution in [0.4, 0.5) is 0 Å². The van der Waals surface area contributed by atoms with E-state index in [-0.39, 0.29) is 18.4 Å². The van der Waals surface area contributed by atoms with E-state index in [4.69, 9.17) is 10.5 Å². The molecule has 0 aromatic heterocycles. The lowest BCUT2D eigenvalue weighted by Crippen LogP contribution is -2.22. The van der Waals surface area contributed by atoms with Gasteiger partial charge in [-0.2, -0.15) is 0 Å². The summed E-state index contributed by atoms with van der Waals surface area (Å²) in [5.74, 6) is 1.50. The van der Waals surface area contributed by atoms with Gasteiger partial charge in [0.25, 0.3) is 0 Å². The van der Waals surface area contributed by atoms with Gasteiger partial charge in [-0.25, -0.2) is 0 Å². The standard InChI is InChI=1S/C16H27NO.ClH/c1-6-14(17)9-13-10-15(11(3)4)16(18-7-2)8-12(13)5;/h8,10-11,14H,6-7,9,17H2,1-5H3;1H. The van der Waals surface area contributed by atoms with Crippen LogP contribution >= 0.6 is 12.4 Å². The molecule has 0 spiro atoms. The number of halogens is 1. The molecule has 1 atom stereocenters. The normalized spacial score (nSPS) is 12.2. The van der Waals surface area contributed by atoms with E-state index >= 15 is 0 Å². The maximum absolute atomic E-state index is 6.07. The fraction of sp³-hybridized carbons (Fsp3) is 0.625. The first-order valence-electron chi connectivity index (χ1n) is 7.01. The lowest BCUT2D eigenvalue weighted by molar-refractivity contribution is 0.335. The van der Waals surface area contributed by atoms with Crippen molar-refractivity contribution in [2.45, 2.75) is 59.4 Å². The summed E-state index contributed by atoms with van der Waals surface area (Å²) in [7, 11) is 0. The molecule has 0 aliphatic heterocycles. The van der Waals surface area contributed by atoms with Crippen LogP contribution < -0.4 is 10.5 Å². The Labute approximate surface area is 124 Å². The van der Waals surface area contributed by atoms with E-state index in [1.54, 1.807) is 0 Å².